The Balaban J connectivity index is 0.00000169. The monoisotopic (exact) mass is 386 g/mol. The average Bonchev–Trinajstić information content (AvgIpc) is 2.62. The van der Waals surface area contributed by atoms with Crippen LogP contribution >= 0.6 is 24.8 Å². The summed E-state index contributed by atoms with van der Waals surface area (Å²) in [6.45, 7) is 0. The van der Waals surface area contributed by atoms with Gasteiger partial charge in [-0.05, 0) is 34.4 Å². The van der Waals surface area contributed by atoms with Crippen molar-refractivity contribution in [2.24, 2.45) is 11.5 Å². The van der Waals surface area contributed by atoms with E-state index in [0.29, 0.717) is 11.1 Å². The van der Waals surface area contributed by atoms with Crippen LogP contribution in [0.1, 0.15) is 11.1 Å². The molecule has 0 saturated carbocycles. The summed E-state index contributed by atoms with van der Waals surface area (Å²) in [5.41, 5.74) is 16.7. The molecule has 0 fully saturated rings. The molecule has 0 radical (unpaired) electrons. The molecule has 3 rings (SSSR count). The number of halogens is 2. The van der Waals surface area contributed by atoms with Crippen LogP contribution < -0.4 is 11.5 Å². The highest BCUT2D eigenvalue weighted by molar-refractivity contribution is 5.96. The summed E-state index contributed by atoms with van der Waals surface area (Å²) in [5, 5.41) is 15.0. The number of rotatable bonds is 4. The molecule has 0 atom stereocenters. The van der Waals surface area contributed by atoms with Gasteiger partial charge >= 0.3 is 0 Å². The first-order valence-electron chi connectivity index (χ1n) is 7.54. The Hall–Kier alpha value is -2.82. The van der Waals surface area contributed by atoms with Crippen molar-refractivity contribution in [1.29, 1.82) is 10.8 Å². The SMILES string of the molecule is Cl.Cl.N=C(N)c1ccc(-c2cccc(-c3cccc(C(=N)N)c3)c2)cc1. The van der Waals surface area contributed by atoms with Crippen molar-refractivity contribution in [3.8, 4) is 22.3 Å². The van der Waals surface area contributed by atoms with E-state index >= 15 is 0 Å². The van der Waals surface area contributed by atoms with Crippen LogP contribution in [0.3, 0.4) is 0 Å². The topological polar surface area (TPSA) is 99.7 Å². The first kappa shape index (κ1) is 21.2. The minimum Gasteiger partial charge on any atom is -0.384 e. The number of amidine groups is 2. The summed E-state index contributed by atoms with van der Waals surface area (Å²) in [6, 6.07) is 23.5. The lowest BCUT2D eigenvalue weighted by Crippen LogP contribution is -2.10. The second-order valence-electron chi connectivity index (χ2n) is 5.57. The molecule has 0 spiro atoms. The molecular formula is C20H20Cl2N4. The average molecular weight is 387 g/mol. The maximum atomic E-state index is 7.58. The molecule has 26 heavy (non-hydrogen) atoms. The fourth-order valence-electron chi connectivity index (χ4n) is 2.59. The van der Waals surface area contributed by atoms with E-state index in [1.54, 1.807) is 0 Å². The van der Waals surface area contributed by atoms with Crippen molar-refractivity contribution in [2.45, 2.75) is 0 Å². The molecule has 134 valence electrons. The van der Waals surface area contributed by atoms with E-state index in [-0.39, 0.29) is 36.5 Å². The van der Waals surface area contributed by atoms with Crippen LogP contribution in [0.4, 0.5) is 0 Å². The summed E-state index contributed by atoms with van der Waals surface area (Å²) >= 11 is 0. The molecule has 0 aliphatic rings. The van der Waals surface area contributed by atoms with E-state index < -0.39 is 0 Å². The molecule has 0 aromatic heterocycles. The van der Waals surface area contributed by atoms with E-state index in [9.17, 15) is 0 Å². The van der Waals surface area contributed by atoms with Crippen molar-refractivity contribution >= 4 is 36.5 Å². The molecule has 0 heterocycles. The van der Waals surface area contributed by atoms with Crippen LogP contribution in [0.2, 0.25) is 0 Å². The van der Waals surface area contributed by atoms with E-state index in [0.717, 1.165) is 22.3 Å². The van der Waals surface area contributed by atoms with Gasteiger partial charge in [0, 0.05) is 11.1 Å². The van der Waals surface area contributed by atoms with E-state index in [1.165, 1.54) is 0 Å². The minimum absolute atomic E-state index is 0. The zero-order chi connectivity index (χ0) is 17.1. The summed E-state index contributed by atoms with van der Waals surface area (Å²) < 4.78 is 0. The van der Waals surface area contributed by atoms with Gasteiger partial charge in [0.1, 0.15) is 11.7 Å². The summed E-state index contributed by atoms with van der Waals surface area (Å²) in [7, 11) is 0. The van der Waals surface area contributed by atoms with Gasteiger partial charge in [-0.1, -0.05) is 60.7 Å². The van der Waals surface area contributed by atoms with Gasteiger partial charge in [0.15, 0.2) is 0 Å². The Bertz CT molecular complexity index is 921. The quantitative estimate of drug-likeness (QED) is 0.393. The fourth-order valence-corrected chi connectivity index (χ4v) is 2.59. The van der Waals surface area contributed by atoms with Gasteiger partial charge in [0.25, 0.3) is 0 Å². The van der Waals surface area contributed by atoms with Crippen LogP contribution in [0.5, 0.6) is 0 Å². The molecule has 0 unspecified atom stereocenters. The molecule has 3 aromatic carbocycles. The van der Waals surface area contributed by atoms with Crippen molar-refractivity contribution in [2.75, 3.05) is 0 Å². The van der Waals surface area contributed by atoms with Gasteiger partial charge in [-0.3, -0.25) is 10.8 Å². The molecule has 6 N–H and O–H groups in total. The van der Waals surface area contributed by atoms with Crippen molar-refractivity contribution in [3.63, 3.8) is 0 Å². The number of hydrogen-bond acceptors (Lipinski definition) is 2. The fraction of sp³-hybridized carbons (Fsp3) is 0. The molecule has 0 aliphatic heterocycles. The molecule has 0 amide bonds. The van der Waals surface area contributed by atoms with E-state index in [1.807, 2.05) is 66.7 Å². The molecule has 6 heteroatoms. The number of benzene rings is 3. The van der Waals surface area contributed by atoms with Crippen molar-refractivity contribution in [1.82, 2.24) is 0 Å². The highest BCUT2D eigenvalue weighted by Crippen LogP contribution is 2.27. The lowest BCUT2D eigenvalue weighted by atomic mass is 9.97. The summed E-state index contributed by atoms with van der Waals surface area (Å²) in [6.07, 6.45) is 0. The number of nitrogens with two attached hydrogens (primary N) is 2. The maximum Gasteiger partial charge on any atom is 0.122 e. The minimum atomic E-state index is 0. The van der Waals surface area contributed by atoms with Gasteiger partial charge in [0.2, 0.25) is 0 Å². The lowest BCUT2D eigenvalue weighted by molar-refractivity contribution is 1.42. The predicted octanol–water partition coefficient (Wildman–Crippen LogP) is 4.43. The second-order valence-corrected chi connectivity index (χ2v) is 5.57. The highest BCUT2D eigenvalue weighted by Gasteiger charge is 2.04. The third kappa shape index (κ3) is 4.63. The molecule has 0 bridgehead atoms. The number of nitrogens with one attached hydrogen (secondary N) is 2. The molecule has 0 saturated heterocycles. The van der Waals surface area contributed by atoms with E-state index in [2.05, 4.69) is 6.07 Å². The summed E-state index contributed by atoms with van der Waals surface area (Å²) in [4.78, 5) is 0. The second kappa shape index (κ2) is 9.04. The predicted molar refractivity (Wildman–Crippen MR) is 114 cm³/mol. The van der Waals surface area contributed by atoms with Gasteiger partial charge < -0.3 is 11.5 Å². The largest absolute Gasteiger partial charge is 0.384 e. The van der Waals surface area contributed by atoms with Gasteiger partial charge in [0.05, 0.1) is 0 Å². The third-order valence-corrected chi connectivity index (χ3v) is 3.90. The van der Waals surface area contributed by atoms with Gasteiger partial charge in [-0.25, -0.2) is 0 Å². The Morgan fingerprint density at radius 1 is 0.538 bits per heavy atom. The number of hydrogen-bond donors (Lipinski definition) is 4. The highest BCUT2D eigenvalue weighted by atomic mass is 35.5. The molecule has 0 aliphatic carbocycles. The molecular weight excluding hydrogens is 367 g/mol. The van der Waals surface area contributed by atoms with Crippen LogP contribution in [-0.4, -0.2) is 11.7 Å². The summed E-state index contributed by atoms with van der Waals surface area (Å²) in [5.74, 6) is 0.129. The number of nitrogen functional groups attached to an aromatic ring is 2. The Labute approximate surface area is 165 Å². The third-order valence-electron chi connectivity index (χ3n) is 3.90. The first-order chi connectivity index (χ1) is 11.5. The van der Waals surface area contributed by atoms with Crippen molar-refractivity contribution in [3.05, 3.63) is 83.9 Å². The Morgan fingerprint density at radius 2 is 1.00 bits per heavy atom. The van der Waals surface area contributed by atoms with E-state index in [4.69, 9.17) is 22.3 Å². The van der Waals surface area contributed by atoms with Crippen LogP contribution in [0, 0.1) is 10.8 Å². The lowest BCUT2D eigenvalue weighted by Gasteiger charge is -2.08. The maximum absolute atomic E-state index is 7.58. The smallest absolute Gasteiger partial charge is 0.122 e. The standard InChI is InChI=1S/C20H18N4.2ClH/c21-19(22)14-9-7-13(8-10-14)15-3-1-4-16(11-15)17-5-2-6-18(12-17)20(23)24;;/h1-12H,(H3,21,22)(H3,23,24);2*1H. The normalized spacial score (nSPS) is 9.54. The Kier molecular flexibility index (Phi) is 7.38. The molecule has 4 nitrogen and oxygen atoms in total. The van der Waals surface area contributed by atoms with Gasteiger partial charge in [-0.2, -0.15) is 0 Å². The Morgan fingerprint density at radius 3 is 1.54 bits per heavy atom. The van der Waals surface area contributed by atoms with Crippen LogP contribution in [-0.2, 0) is 0 Å². The zero-order valence-electron chi connectivity index (χ0n) is 13.9. The van der Waals surface area contributed by atoms with Crippen LogP contribution in [0.25, 0.3) is 22.3 Å². The molecule has 3 aromatic rings. The van der Waals surface area contributed by atoms with Gasteiger partial charge in [-0.15, -0.1) is 24.8 Å². The first-order valence-corrected chi connectivity index (χ1v) is 7.54. The van der Waals surface area contributed by atoms with Crippen molar-refractivity contribution < 1.29 is 0 Å². The zero-order valence-corrected chi connectivity index (χ0v) is 15.5. The van der Waals surface area contributed by atoms with Crippen LogP contribution in [0.15, 0.2) is 72.8 Å².